The molecule has 2 rings (SSSR count). The molecule has 0 heterocycles. The molecule has 0 unspecified atom stereocenters. The molecule has 0 radical (unpaired) electrons. The molecule has 2 aromatic carbocycles. The fourth-order valence-electron chi connectivity index (χ4n) is 2.31. The molecule has 0 aliphatic heterocycles. The van der Waals surface area contributed by atoms with E-state index in [1.807, 2.05) is 12.2 Å². The molecule has 2 N–H and O–H groups in total. The monoisotopic (exact) mass is 291 g/mol. The Morgan fingerprint density at radius 1 is 1.05 bits per heavy atom. The Morgan fingerprint density at radius 3 is 2.59 bits per heavy atom. The summed E-state index contributed by atoms with van der Waals surface area (Å²) in [5.74, 6) is 5.72. The number of aliphatic hydroxyl groups excluding tert-OH is 1. The molecule has 0 saturated heterocycles. The molecular weight excluding hydrogens is 270 g/mol. The zero-order chi connectivity index (χ0) is 15.6. The number of benzene rings is 2. The molecule has 0 saturated carbocycles. The quantitative estimate of drug-likeness (QED) is 0.825. The van der Waals surface area contributed by atoms with Crippen molar-refractivity contribution < 1.29 is 5.11 Å². The highest BCUT2D eigenvalue weighted by molar-refractivity contribution is 5.86. The van der Waals surface area contributed by atoms with Crippen LogP contribution in [0.3, 0.4) is 0 Å². The number of rotatable bonds is 5. The average molecular weight is 291 g/mol. The van der Waals surface area contributed by atoms with Crippen molar-refractivity contribution in [2.24, 2.45) is 0 Å². The molecule has 0 bridgehead atoms. The van der Waals surface area contributed by atoms with Crippen molar-refractivity contribution in [3.8, 4) is 11.8 Å². The van der Waals surface area contributed by atoms with Gasteiger partial charge in [-0.15, -0.1) is 0 Å². The van der Waals surface area contributed by atoms with Crippen LogP contribution in [0.4, 0.5) is 0 Å². The van der Waals surface area contributed by atoms with Gasteiger partial charge >= 0.3 is 0 Å². The Labute approximate surface area is 132 Å². The van der Waals surface area contributed by atoms with Crippen LogP contribution in [0.15, 0.2) is 66.8 Å². The van der Waals surface area contributed by atoms with Crippen molar-refractivity contribution in [1.29, 1.82) is 0 Å². The third-order valence-electron chi connectivity index (χ3n) is 3.42. The molecule has 2 nitrogen and oxygen atoms in total. The van der Waals surface area contributed by atoms with E-state index >= 15 is 0 Å². The predicted molar refractivity (Wildman–Crippen MR) is 93.5 cm³/mol. The Kier molecular flexibility index (Phi) is 6.44. The SMILES string of the molecule is C[C@@H](NC/C=C/C#C/C=C/CO)c1cccc2ccccc12. The standard InChI is InChI=1S/C20H21NO/c1-17(21-15-8-4-2-3-5-9-16-22)19-14-10-12-18-11-6-7-13-20(18)19/h4-14,17,21-22H,15-16H2,1H3/b8-4+,9-5+/t17-/m1/s1. The maximum Gasteiger partial charge on any atom is 0.0621 e. The molecular formula is C20H21NO. The lowest BCUT2D eigenvalue weighted by atomic mass is 10.00. The first-order chi connectivity index (χ1) is 10.8. The smallest absolute Gasteiger partial charge is 0.0621 e. The molecule has 2 heteroatoms. The lowest BCUT2D eigenvalue weighted by Crippen LogP contribution is -2.18. The molecule has 112 valence electrons. The second-order valence-corrected chi connectivity index (χ2v) is 4.97. The lowest BCUT2D eigenvalue weighted by Gasteiger charge is -2.15. The van der Waals surface area contributed by atoms with Crippen molar-refractivity contribution >= 4 is 10.8 Å². The van der Waals surface area contributed by atoms with Crippen molar-refractivity contribution in [2.75, 3.05) is 13.2 Å². The van der Waals surface area contributed by atoms with Crippen LogP contribution in [0.1, 0.15) is 18.5 Å². The summed E-state index contributed by atoms with van der Waals surface area (Å²) >= 11 is 0. The molecule has 0 aliphatic carbocycles. The van der Waals surface area contributed by atoms with Crippen molar-refractivity contribution in [3.63, 3.8) is 0 Å². The first-order valence-corrected chi connectivity index (χ1v) is 7.46. The molecule has 0 amide bonds. The molecule has 0 aliphatic rings. The maximum atomic E-state index is 8.57. The Hall–Kier alpha value is -2.34. The summed E-state index contributed by atoms with van der Waals surface area (Å²) in [6.07, 6.45) is 7.09. The number of nitrogens with one attached hydrogen (secondary N) is 1. The number of fused-ring (bicyclic) bond motifs is 1. The van der Waals surface area contributed by atoms with Crippen LogP contribution in [-0.4, -0.2) is 18.3 Å². The second-order valence-electron chi connectivity index (χ2n) is 4.97. The minimum absolute atomic E-state index is 0.0303. The Bertz CT molecular complexity index is 714. The zero-order valence-electron chi connectivity index (χ0n) is 12.8. The molecule has 1 atom stereocenters. The number of allylic oxidation sites excluding steroid dienone is 2. The zero-order valence-corrected chi connectivity index (χ0v) is 12.8. The van der Waals surface area contributed by atoms with E-state index in [0.29, 0.717) is 0 Å². The van der Waals surface area contributed by atoms with Crippen molar-refractivity contribution in [1.82, 2.24) is 5.32 Å². The minimum Gasteiger partial charge on any atom is -0.392 e. The van der Waals surface area contributed by atoms with Crippen LogP contribution in [-0.2, 0) is 0 Å². The minimum atomic E-state index is 0.0303. The fraction of sp³-hybridized carbons (Fsp3) is 0.200. The Morgan fingerprint density at radius 2 is 1.77 bits per heavy atom. The van der Waals surface area contributed by atoms with E-state index in [2.05, 4.69) is 66.5 Å². The van der Waals surface area contributed by atoms with Gasteiger partial charge in [0.2, 0.25) is 0 Å². The van der Waals surface area contributed by atoms with E-state index in [9.17, 15) is 0 Å². The largest absolute Gasteiger partial charge is 0.392 e. The maximum absolute atomic E-state index is 8.57. The summed E-state index contributed by atoms with van der Waals surface area (Å²) in [5.41, 5.74) is 1.31. The molecule has 0 fully saturated rings. The van der Waals surface area contributed by atoms with Gasteiger partial charge in [0, 0.05) is 12.6 Å². The van der Waals surface area contributed by atoms with Gasteiger partial charge in [0.15, 0.2) is 0 Å². The normalized spacial score (nSPS) is 12.6. The van der Waals surface area contributed by atoms with E-state index < -0.39 is 0 Å². The van der Waals surface area contributed by atoms with Crippen LogP contribution in [0.25, 0.3) is 10.8 Å². The van der Waals surface area contributed by atoms with Crippen LogP contribution in [0.2, 0.25) is 0 Å². The third kappa shape index (κ3) is 4.60. The van der Waals surface area contributed by atoms with Gasteiger partial charge in [0.05, 0.1) is 6.61 Å². The van der Waals surface area contributed by atoms with Gasteiger partial charge in [0.25, 0.3) is 0 Å². The highest BCUT2D eigenvalue weighted by Crippen LogP contribution is 2.23. The first kappa shape index (κ1) is 16.0. The number of hydrogen-bond acceptors (Lipinski definition) is 2. The molecule has 0 aromatic heterocycles. The number of aliphatic hydroxyl groups is 1. The van der Waals surface area contributed by atoms with Crippen molar-refractivity contribution in [3.05, 3.63) is 72.3 Å². The fourth-order valence-corrected chi connectivity index (χ4v) is 2.31. The van der Waals surface area contributed by atoms with Gasteiger partial charge in [-0.25, -0.2) is 0 Å². The molecule has 0 spiro atoms. The topological polar surface area (TPSA) is 32.3 Å². The second kappa shape index (κ2) is 8.84. The van der Waals surface area contributed by atoms with Gasteiger partial charge in [-0.05, 0) is 35.4 Å². The summed E-state index contributed by atoms with van der Waals surface area (Å²) in [7, 11) is 0. The van der Waals surface area contributed by atoms with E-state index in [0.717, 1.165) is 6.54 Å². The van der Waals surface area contributed by atoms with Crippen LogP contribution in [0, 0.1) is 11.8 Å². The lowest BCUT2D eigenvalue weighted by molar-refractivity contribution is 0.343. The van der Waals surface area contributed by atoms with Gasteiger partial charge in [-0.3, -0.25) is 0 Å². The van der Waals surface area contributed by atoms with Crippen LogP contribution < -0.4 is 5.32 Å². The van der Waals surface area contributed by atoms with Gasteiger partial charge in [-0.2, -0.15) is 0 Å². The highest BCUT2D eigenvalue weighted by atomic mass is 16.2. The summed E-state index contributed by atoms with van der Waals surface area (Å²) in [6, 6.07) is 15.1. The van der Waals surface area contributed by atoms with E-state index in [1.165, 1.54) is 16.3 Å². The van der Waals surface area contributed by atoms with Crippen molar-refractivity contribution in [2.45, 2.75) is 13.0 Å². The Balaban J connectivity index is 1.94. The summed E-state index contributed by atoms with van der Waals surface area (Å²) in [6.45, 7) is 2.97. The molecule has 2 aromatic rings. The third-order valence-corrected chi connectivity index (χ3v) is 3.42. The van der Waals surface area contributed by atoms with Crippen LogP contribution in [0.5, 0.6) is 0 Å². The van der Waals surface area contributed by atoms with E-state index in [4.69, 9.17) is 5.11 Å². The van der Waals surface area contributed by atoms with Gasteiger partial charge in [-0.1, -0.05) is 66.5 Å². The average Bonchev–Trinajstić information content (AvgIpc) is 2.56. The highest BCUT2D eigenvalue weighted by Gasteiger charge is 2.07. The van der Waals surface area contributed by atoms with Gasteiger partial charge in [0.1, 0.15) is 0 Å². The summed E-state index contributed by atoms with van der Waals surface area (Å²) < 4.78 is 0. The predicted octanol–water partition coefficient (Wildman–Crippen LogP) is 3.60. The van der Waals surface area contributed by atoms with Crippen LogP contribution >= 0.6 is 0 Å². The molecule has 22 heavy (non-hydrogen) atoms. The van der Waals surface area contributed by atoms with E-state index in [-0.39, 0.29) is 12.6 Å². The summed E-state index contributed by atoms with van der Waals surface area (Å²) in [4.78, 5) is 0. The van der Waals surface area contributed by atoms with Gasteiger partial charge < -0.3 is 10.4 Å². The van der Waals surface area contributed by atoms with E-state index in [1.54, 1.807) is 12.2 Å². The summed E-state index contributed by atoms with van der Waals surface area (Å²) in [5, 5.41) is 14.6. The number of hydrogen-bond donors (Lipinski definition) is 2. The first-order valence-electron chi connectivity index (χ1n) is 7.46.